The van der Waals surface area contributed by atoms with E-state index >= 15 is 0 Å². The van der Waals surface area contributed by atoms with Gasteiger partial charge in [-0.25, -0.2) is 0 Å². The molecule has 1 aromatic rings. The van der Waals surface area contributed by atoms with E-state index in [9.17, 15) is 0 Å². The van der Waals surface area contributed by atoms with Crippen LogP contribution in [-0.4, -0.2) is 35.2 Å². The molecule has 6 heteroatoms. The van der Waals surface area contributed by atoms with Gasteiger partial charge < -0.3 is 15.4 Å². The topological polar surface area (TPSA) is 77.2 Å². The van der Waals surface area contributed by atoms with Crippen molar-refractivity contribution in [3.8, 4) is 6.01 Å². The van der Waals surface area contributed by atoms with E-state index in [-0.39, 0.29) is 12.1 Å². The number of anilines is 2. The van der Waals surface area contributed by atoms with E-state index in [4.69, 9.17) is 10.5 Å². The molecule has 2 unspecified atom stereocenters. The van der Waals surface area contributed by atoms with Crippen LogP contribution in [-0.2, 0) is 0 Å². The van der Waals surface area contributed by atoms with E-state index in [1.165, 1.54) is 6.42 Å². The normalized spacial score (nSPS) is 27.1. The van der Waals surface area contributed by atoms with E-state index in [0.717, 1.165) is 12.8 Å². The summed E-state index contributed by atoms with van der Waals surface area (Å²) in [5.74, 6) is 2.09. The highest BCUT2D eigenvalue weighted by atomic mass is 16.5. The molecule has 2 atom stereocenters. The summed E-state index contributed by atoms with van der Waals surface area (Å²) in [6, 6.07) is 0.336. The van der Waals surface area contributed by atoms with Crippen LogP contribution in [0.25, 0.3) is 0 Å². The van der Waals surface area contributed by atoms with Crippen molar-refractivity contribution < 1.29 is 4.74 Å². The third-order valence-electron chi connectivity index (χ3n) is 3.43. The van der Waals surface area contributed by atoms with Crippen LogP contribution in [0.15, 0.2) is 0 Å². The van der Waals surface area contributed by atoms with Gasteiger partial charge in [0, 0.05) is 14.1 Å². The van der Waals surface area contributed by atoms with Crippen LogP contribution >= 0.6 is 0 Å². The molecule has 2 N–H and O–H groups in total. The lowest BCUT2D eigenvalue weighted by Gasteiger charge is -2.31. The molecule has 0 aliphatic heterocycles. The molecule has 0 radical (unpaired) electrons. The van der Waals surface area contributed by atoms with Gasteiger partial charge in [-0.2, -0.15) is 15.0 Å². The molecular formula is C13H23N5O. The van der Waals surface area contributed by atoms with Gasteiger partial charge in [0.2, 0.25) is 11.9 Å². The molecule has 1 fully saturated rings. The SMILES string of the molecule is CC1CC(C)CC(Oc2nc(N)nc(N(C)C)n2)C1. The van der Waals surface area contributed by atoms with E-state index in [2.05, 4.69) is 28.8 Å². The molecule has 1 aliphatic rings. The summed E-state index contributed by atoms with van der Waals surface area (Å²) in [5.41, 5.74) is 5.69. The van der Waals surface area contributed by atoms with E-state index in [1.54, 1.807) is 4.90 Å². The molecule has 1 heterocycles. The Morgan fingerprint density at radius 2 is 1.68 bits per heavy atom. The number of nitrogens with zero attached hydrogens (tertiary/aromatic N) is 4. The number of rotatable bonds is 3. The minimum atomic E-state index is 0.176. The minimum absolute atomic E-state index is 0.176. The van der Waals surface area contributed by atoms with E-state index < -0.39 is 0 Å². The third-order valence-corrected chi connectivity index (χ3v) is 3.43. The molecule has 1 saturated carbocycles. The van der Waals surface area contributed by atoms with Crippen molar-refractivity contribution in [2.45, 2.75) is 39.2 Å². The quantitative estimate of drug-likeness (QED) is 0.896. The first-order chi connectivity index (χ1) is 8.94. The highest BCUT2D eigenvalue weighted by Gasteiger charge is 2.26. The van der Waals surface area contributed by atoms with Crippen LogP contribution in [0.4, 0.5) is 11.9 Å². The lowest BCUT2D eigenvalue weighted by molar-refractivity contribution is 0.0920. The first-order valence-corrected chi connectivity index (χ1v) is 6.79. The summed E-state index contributed by atoms with van der Waals surface area (Å²) in [5, 5.41) is 0. The maximum Gasteiger partial charge on any atom is 0.323 e. The summed E-state index contributed by atoms with van der Waals surface area (Å²) in [4.78, 5) is 14.2. The van der Waals surface area contributed by atoms with Crippen molar-refractivity contribution in [1.82, 2.24) is 15.0 Å². The fourth-order valence-electron chi connectivity index (χ4n) is 2.73. The van der Waals surface area contributed by atoms with Crippen LogP contribution in [0, 0.1) is 11.8 Å². The summed E-state index contributed by atoms with van der Waals surface area (Å²) in [6.45, 7) is 4.53. The zero-order valence-electron chi connectivity index (χ0n) is 12.1. The average molecular weight is 265 g/mol. The van der Waals surface area contributed by atoms with Gasteiger partial charge in [0.05, 0.1) is 0 Å². The second kappa shape index (κ2) is 5.59. The molecule has 0 saturated heterocycles. The van der Waals surface area contributed by atoms with Crippen molar-refractivity contribution in [3.63, 3.8) is 0 Å². The minimum Gasteiger partial charge on any atom is -0.460 e. The Balaban J connectivity index is 2.10. The zero-order chi connectivity index (χ0) is 14.0. The van der Waals surface area contributed by atoms with Gasteiger partial charge >= 0.3 is 6.01 Å². The maximum absolute atomic E-state index is 5.90. The summed E-state index contributed by atoms with van der Waals surface area (Å²) in [6.07, 6.45) is 3.54. The third kappa shape index (κ3) is 3.68. The van der Waals surface area contributed by atoms with Gasteiger partial charge in [0.25, 0.3) is 0 Å². The molecule has 6 nitrogen and oxygen atoms in total. The Bertz CT molecular complexity index is 427. The van der Waals surface area contributed by atoms with Gasteiger partial charge in [-0.15, -0.1) is 0 Å². The Hall–Kier alpha value is -1.59. The molecule has 106 valence electrons. The fraction of sp³-hybridized carbons (Fsp3) is 0.769. The standard InChI is InChI=1S/C13H23N5O/c1-8-5-9(2)7-10(6-8)19-13-16-11(14)15-12(17-13)18(3)4/h8-10H,5-7H2,1-4H3,(H2,14,15,16,17). The molecular weight excluding hydrogens is 242 g/mol. The molecule has 1 aromatic heterocycles. The van der Waals surface area contributed by atoms with Crippen molar-refractivity contribution in [2.75, 3.05) is 24.7 Å². The van der Waals surface area contributed by atoms with Crippen LogP contribution in [0.5, 0.6) is 6.01 Å². The Labute approximate surface area is 114 Å². The summed E-state index contributed by atoms with van der Waals surface area (Å²) < 4.78 is 5.90. The monoisotopic (exact) mass is 265 g/mol. The smallest absolute Gasteiger partial charge is 0.323 e. The van der Waals surface area contributed by atoms with Crippen LogP contribution in [0.3, 0.4) is 0 Å². The first-order valence-electron chi connectivity index (χ1n) is 6.79. The fourth-order valence-corrected chi connectivity index (χ4v) is 2.73. The maximum atomic E-state index is 5.90. The number of ether oxygens (including phenoxy) is 1. The number of nitrogen functional groups attached to an aromatic ring is 1. The van der Waals surface area contributed by atoms with Gasteiger partial charge in [0.15, 0.2) is 0 Å². The van der Waals surface area contributed by atoms with Gasteiger partial charge in [-0.1, -0.05) is 13.8 Å². The lowest BCUT2D eigenvalue weighted by Crippen LogP contribution is -2.29. The summed E-state index contributed by atoms with van der Waals surface area (Å²) >= 11 is 0. The van der Waals surface area contributed by atoms with Gasteiger partial charge in [0.1, 0.15) is 6.10 Å². The Morgan fingerprint density at radius 1 is 1.05 bits per heavy atom. The van der Waals surface area contributed by atoms with Crippen molar-refractivity contribution in [3.05, 3.63) is 0 Å². The van der Waals surface area contributed by atoms with Crippen molar-refractivity contribution in [2.24, 2.45) is 11.8 Å². The highest BCUT2D eigenvalue weighted by Crippen LogP contribution is 2.30. The zero-order valence-corrected chi connectivity index (χ0v) is 12.1. The average Bonchev–Trinajstić information content (AvgIpc) is 2.26. The van der Waals surface area contributed by atoms with E-state index in [0.29, 0.717) is 23.8 Å². The van der Waals surface area contributed by atoms with Gasteiger partial charge in [-0.05, 0) is 31.1 Å². The number of nitrogens with two attached hydrogens (primary N) is 1. The predicted molar refractivity (Wildman–Crippen MR) is 75.2 cm³/mol. The van der Waals surface area contributed by atoms with Crippen molar-refractivity contribution in [1.29, 1.82) is 0 Å². The van der Waals surface area contributed by atoms with Crippen molar-refractivity contribution >= 4 is 11.9 Å². The molecule has 0 spiro atoms. The van der Waals surface area contributed by atoms with E-state index in [1.807, 2.05) is 14.1 Å². The molecule has 19 heavy (non-hydrogen) atoms. The Morgan fingerprint density at radius 3 is 2.26 bits per heavy atom. The Kier molecular flexibility index (Phi) is 4.07. The predicted octanol–water partition coefficient (Wildman–Crippen LogP) is 1.72. The molecule has 0 amide bonds. The first kappa shape index (κ1) is 13.8. The lowest BCUT2D eigenvalue weighted by atomic mass is 9.82. The molecule has 2 rings (SSSR count). The van der Waals surface area contributed by atoms with Gasteiger partial charge in [-0.3, -0.25) is 0 Å². The van der Waals surface area contributed by atoms with Crippen LogP contribution < -0.4 is 15.4 Å². The second-order valence-corrected chi connectivity index (χ2v) is 5.83. The molecule has 0 aromatic carbocycles. The molecule has 0 bridgehead atoms. The molecule has 1 aliphatic carbocycles. The second-order valence-electron chi connectivity index (χ2n) is 5.83. The van der Waals surface area contributed by atoms with Crippen LogP contribution in [0.2, 0.25) is 0 Å². The highest BCUT2D eigenvalue weighted by molar-refractivity contribution is 5.33. The van der Waals surface area contributed by atoms with Crippen LogP contribution in [0.1, 0.15) is 33.1 Å². The number of hydrogen-bond donors (Lipinski definition) is 1. The number of hydrogen-bond acceptors (Lipinski definition) is 6. The number of aromatic nitrogens is 3. The summed E-state index contributed by atoms with van der Waals surface area (Å²) in [7, 11) is 3.73. The largest absolute Gasteiger partial charge is 0.460 e.